The second-order valence-corrected chi connectivity index (χ2v) is 6.59. The van der Waals surface area contributed by atoms with Crippen molar-refractivity contribution < 1.29 is 14.0 Å². The summed E-state index contributed by atoms with van der Waals surface area (Å²) in [4.78, 5) is 26.5. The summed E-state index contributed by atoms with van der Waals surface area (Å²) < 4.78 is 13.9. The molecule has 1 aromatic carbocycles. The summed E-state index contributed by atoms with van der Waals surface area (Å²) in [5.74, 6) is -0.844. The first-order valence-corrected chi connectivity index (χ1v) is 8.35. The van der Waals surface area contributed by atoms with Crippen LogP contribution < -0.4 is 5.32 Å². The van der Waals surface area contributed by atoms with Crippen LogP contribution in [0.3, 0.4) is 0 Å². The summed E-state index contributed by atoms with van der Waals surface area (Å²) in [7, 11) is 0. The van der Waals surface area contributed by atoms with E-state index in [9.17, 15) is 14.0 Å². The van der Waals surface area contributed by atoms with E-state index in [2.05, 4.69) is 15.5 Å². The molecule has 0 saturated carbocycles. The van der Waals surface area contributed by atoms with E-state index in [1.165, 1.54) is 12.1 Å². The summed E-state index contributed by atoms with van der Waals surface area (Å²) in [6.45, 7) is 5.27. The number of aromatic nitrogens is 2. The fourth-order valence-electron chi connectivity index (χ4n) is 2.84. The van der Waals surface area contributed by atoms with Gasteiger partial charge < -0.3 is 10.2 Å². The van der Waals surface area contributed by atoms with Gasteiger partial charge in [0.2, 0.25) is 0 Å². The first kappa shape index (κ1) is 17.1. The molecule has 0 saturated heterocycles. The molecule has 1 aliphatic rings. The van der Waals surface area contributed by atoms with Crippen molar-refractivity contribution in [2.75, 3.05) is 13.1 Å². The molecule has 6 nitrogen and oxygen atoms in total. The molecular formula is C18H21FN4O2. The van der Waals surface area contributed by atoms with Gasteiger partial charge in [-0.3, -0.25) is 14.7 Å². The van der Waals surface area contributed by atoms with Crippen LogP contribution in [0.25, 0.3) is 0 Å². The molecule has 0 spiro atoms. The average Bonchev–Trinajstić information content (AvgIpc) is 3.02. The molecule has 2 amide bonds. The minimum absolute atomic E-state index is 0.0419. The summed E-state index contributed by atoms with van der Waals surface area (Å²) >= 11 is 0. The SMILES string of the molecule is CC(C)CNC(=O)c1n[nH]c2c1CN(C(=O)c1ccccc1F)CC2. The highest BCUT2D eigenvalue weighted by molar-refractivity contribution is 5.96. The zero-order valence-electron chi connectivity index (χ0n) is 14.3. The van der Waals surface area contributed by atoms with Crippen LogP contribution in [0.2, 0.25) is 0 Å². The smallest absolute Gasteiger partial charge is 0.272 e. The molecule has 0 aliphatic carbocycles. The van der Waals surface area contributed by atoms with E-state index in [0.717, 1.165) is 5.69 Å². The van der Waals surface area contributed by atoms with Gasteiger partial charge in [-0.05, 0) is 18.1 Å². The summed E-state index contributed by atoms with van der Waals surface area (Å²) in [6.07, 6.45) is 0.556. The third-order valence-electron chi connectivity index (χ3n) is 4.21. The van der Waals surface area contributed by atoms with Crippen molar-refractivity contribution in [3.63, 3.8) is 0 Å². The Morgan fingerprint density at radius 3 is 2.84 bits per heavy atom. The maximum atomic E-state index is 13.9. The second-order valence-electron chi connectivity index (χ2n) is 6.59. The zero-order chi connectivity index (χ0) is 18.0. The molecule has 1 aliphatic heterocycles. The van der Waals surface area contributed by atoms with E-state index in [0.29, 0.717) is 36.7 Å². The lowest BCUT2D eigenvalue weighted by Gasteiger charge is -2.27. The van der Waals surface area contributed by atoms with Crippen LogP contribution in [0, 0.1) is 11.7 Å². The minimum atomic E-state index is -0.541. The predicted molar refractivity (Wildman–Crippen MR) is 90.6 cm³/mol. The van der Waals surface area contributed by atoms with Gasteiger partial charge in [0.05, 0.1) is 12.1 Å². The van der Waals surface area contributed by atoms with Gasteiger partial charge in [0.25, 0.3) is 11.8 Å². The Bertz CT molecular complexity index is 800. The molecule has 0 bridgehead atoms. The number of carbonyl (C=O) groups is 2. The number of hydrogen-bond acceptors (Lipinski definition) is 3. The molecule has 0 radical (unpaired) electrons. The number of nitrogens with one attached hydrogen (secondary N) is 2. The lowest BCUT2D eigenvalue weighted by molar-refractivity contribution is 0.0726. The number of fused-ring (bicyclic) bond motifs is 1. The van der Waals surface area contributed by atoms with E-state index < -0.39 is 5.82 Å². The average molecular weight is 344 g/mol. The van der Waals surface area contributed by atoms with Gasteiger partial charge in [-0.1, -0.05) is 26.0 Å². The van der Waals surface area contributed by atoms with Gasteiger partial charge in [0.1, 0.15) is 5.82 Å². The fraction of sp³-hybridized carbons (Fsp3) is 0.389. The van der Waals surface area contributed by atoms with Crippen LogP contribution in [0.15, 0.2) is 24.3 Å². The molecule has 25 heavy (non-hydrogen) atoms. The number of aromatic amines is 1. The summed E-state index contributed by atoms with van der Waals surface area (Å²) in [5.41, 5.74) is 1.91. The third kappa shape index (κ3) is 3.55. The molecule has 3 rings (SSSR count). The largest absolute Gasteiger partial charge is 0.350 e. The number of rotatable bonds is 4. The van der Waals surface area contributed by atoms with Crippen LogP contribution >= 0.6 is 0 Å². The van der Waals surface area contributed by atoms with Crippen molar-refractivity contribution in [1.29, 1.82) is 0 Å². The molecule has 0 fully saturated rings. The zero-order valence-corrected chi connectivity index (χ0v) is 14.3. The number of benzene rings is 1. The Balaban J connectivity index is 1.79. The van der Waals surface area contributed by atoms with Gasteiger partial charge in [0.15, 0.2) is 5.69 Å². The third-order valence-corrected chi connectivity index (χ3v) is 4.21. The highest BCUT2D eigenvalue weighted by atomic mass is 19.1. The summed E-state index contributed by atoms with van der Waals surface area (Å²) in [6, 6.07) is 5.92. The number of amides is 2. The molecule has 7 heteroatoms. The Morgan fingerprint density at radius 2 is 2.12 bits per heavy atom. The standard InChI is InChI=1S/C18H21FN4O2/c1-11(2)9-20-17(24)16-13-10-23(8-7-15(13)21-22-16)18(25)12-5-3-4-6-14(12)19/h3-6,11H,7-10H2,1-2H3,(H,20,24)(H,21,22). The number of H-pyrrole nitrogens is 1. The predicted octanol–water partition coefficient (Wildman–Crippen LogP) is 2.13. The lowest BCUT2D eigenvalue weighted by atomic mass is 10.0. The first-order valence-electron chi connectivity index (χ1n) is 8.35. The van der Waals surface area contributed by atoms with Crippen LogP contribution in [0.1, 0.15) is 46.0 Å². The van der Waals surface area contributed by atoms with E-state index in [4.69, 9.17) is 0 Å². The minimum Gasteiger partial charge on any atom is -0.350 e. The molecule has 2 aromatic rings. The van der Waals surface area contributed by atoms with Gasteiger partial charge in [0, 0.05) is 30.8 Å². The maximum absolute atomic E-state index is 13.9. The van der Waals surface area contributed by atoms with Crippen molar-refractivity contribution >= 4 is 11.8 Å². The molecule has 132 valence electrons. The molecule has 2 heterocycles. The quantitative estimate of drug-likeness (QED) is 0.892. The van der Waals surface area contributed by atoms with Crippen molar-refractivity contribution in [3.05, 3.63) is 52.6 Å². The van der Waals surface area contributed by atoms with Crippen LogP contribution in [-0.4, -0.2) is 40.0 Å². The monoisotopic (exact) mass is 344 g/mol. The van der Waals surface area contributed by atoms with Crippen molar-refractivity contribution in [3.8, 4) is 0 Å². The molecular weight excluding hydrogens is 323 g/mol. The number of carbonyl (C=O) groups excluding carboxylic acids is 2. The van der Waals surface area contributed by atoms with Gasteiger partial charge in [-0.2, -0.15) is 5.10 Å². The number of nitrogens with zero attached hydrogens (tertiary/aromatic N) is 2. The second kappa shape index (κ2) is 7.04. The van der Waals surface area contributed by atoms with Gasteiger partial charge in [-0.15, -0.1) is 0 Å². The van der Waals surface area contributed by atoms with Crippen LogP contribution in [0.4, 0.5) is 4.39 Å². The van der Waals surface area contributed by atoms with E-state index >= 15 is 0 Å². The molecule has 1 aromatic heterocycles. The molecule has 0 unspecified atom stereocenters. The van der Waals surface area contributed by atoms with Crippen molar-refractivity contribution in [2.45, 2.75) is 26.8 Å². The molecule has 0 atom stereocenters. The Labute approximate surface area is 145 Å². The van der Waals surface area contributed by atoms with Crippen LogP contribution in [-0.2, 0) is 13.0 Å². The highest BCUT2D eigenvalue weighted by Gasteiger charge is 2.29. The van der Waals surface area contributed by atoms with Crippen molar-refractivity contribution in [2.24, 2.45) is 5.92 Å². The Kier molecular flexibility index (Phi) is 4.83. The maximum Gasteiger partial charge on any atom is 0.272 e. The lowest BCUT2D eigenvalue weighted by Crippen LogP contribution is -2.37. The number of hydrogen-bond donors (Lipinski definition) is 2. The Hall–Kier alpha value is -2.70. The van der Waals surface area contributed by atoms with Crippen LogP contribution in [0.5, 0.6) is 0 Å². The summed E-state index contributed by atoms with van der Waals surface area (Å²) in [5, 5.41) is 9.83. The first-order chi connectivity index (χ1) is 12.0. The molecule has 2 N–H and O–H groups in total. The highest BCUT2D eigenvalue weighted by Crippen LogP contribution is 2.22. The fourth-order valence-corrected chi connectivity index (χ4v) is 2.84. The van der Waals surface area contributed by atoms with E-state index in [-0.39, 0.29) is 23.9 Å². The van der Waals surface area contributed by atoms with Gasteiger partial charge >= 0.3 is 0 Å². The normalized spacial score (nSPS) is 13.7. The van der Waals surface area contributed by atoms with E-state index in [1.807, 2.05) is 13.8 Å². The van der Waals surface area contributed by atoms with Gasteiger partial charge in [-0.25, -0.2) is 4.39 Å². The Morgan fingerprint density at radius 1 is 1.36 bits per heavy atom. The number of halogens is 1. The topological polar surface area (TPSA) is 78.1 Å². The van der Waals surface area contributed by atoms with Crippen molar-refractivity contribution in [1.82, 2.24) is 20.4 Å². The van der Waals surface area contributed by atoms with E-state index in [1.54, 1.807) is 17.0 Å².